The number of aliphatic hydroxyl groups excluding tert-OH is 1. The van der Waals surface area contributed by atoms with Gasteiger partial charge in [0.15, 0.2) is 0 Å². The zero-order chi connectivity index (χ0) is 14.7. The van der Waals surface area contributed by atoms with Crippen molar-refractivity contribution in [2.24, 2.45) is 5.92 Å². The van der Waals surface area contributed by atoms with E-state index in [1.54, 1.807) is 6.20 Å². The van der Waals surface area contributed by atoms with E-state index in [0.29, 0.717) is 18.2 Å². The first kappa shape index (κ1) is 14.1. The fourth-order valence-corrected chi connectivity index (χ4v) is 3.03. The molecule has 0 saturated heterocycles. The van der Waals surface area contributed by atoms with E-state index in [4.69, 9.17) is 0 Å². The molecule has 0 spiro atoms. The van der Waals surface area contributed by atoms with Crippen molar-refractivity contribution in [1.82, 2.24) is 14.7 Å². The minimum absolute atomic E-state index is 0.149. The number of imidazole rings is 1. The van der Waals surface area contributed by atoms with Crippen LogP contribution in [-0.4, -0.2) is 33.0 Å². The van der Waals surface area contributed by atoms with Gasteiger partial charge in [-0.05, 0) is 37.3 Å². The summed E-state index contributed by atoms with van der Waals surface area (Å²) >= 11 is 0. The summed E-state index contributed by atoms with van der Waals surface area (Å²) in [7, 11) is 0. The third-order valence-corrected chi connectivity index (χ3v) is 4.27. The molecule has 1 fully saturated rings. The van der Waals surface area contributed by atoms with Gasteiger partial charge in [0, 0.05) is 18.9 Å². The summed E-state index contributed by atoms with van der Waals surface area (Å²) in [5, 5.41) is 12.8. The predicted molar refractivity (Wildman–Crippen MR) is 80.1 cm³/mol. The molecule has 112 valence electrons. The van der Waals surface area contributed by atoms with Crippen molar-refractivity contribution in [2.75, 3.05) is 6.54 Å². The molecule has 0 aliphatic heterocycles. The van der Waals surface area contributed by atoms with Crippen LogP contribution in [0.3, 0.4) is 0 Å². The van der Waals surface area contributed by atoms with Gasteiger partial charge in [0.1, 0.15) is 11.3 Å². The Labute approximate surface area is 124 Å². The number of aliphatic hydroxyl groups is 1. The van der Waals surface area contributed by atoms with Crippen molar-refractivity contribution in [1.29, 1.82) is 0 Å². The van der Waals surface area contributed by atoms with Crippen molar-refractivity contribution in [2.45, 2.75) is 38.2 Å². The highest BCUT2D eigenvalue weighted by Gasteiger charge is 2.22. The molecule has 1 aliphatic rings. The first-order chi connectivity index (χ1) is 10.2. The standard InChI is InChI=1S/C16H21N3O2/c20-14-6-2-1-5-12(14)8-9-17-16(21)13-11-19-10-4-3-7-15(19)18-13/h3-4,7,10-12,14,20H,1-2,5-6,8-9H2,(H,17,21)/t12-,14-/m1/s1. The maximum absolute atomic E-state index is 12.1. The number of hydrogen-bond acceptors (Lipinski definition) is 3. The van der Waals surface area contributed by atoms with E-state index in [1.807, 2.05) is 28.8 Å². The van der Waals surface area contributed by atoms with E-state index in [-0.39, 0.29) is 12.0 Å². The van der Waals surface area contributed by atoms with Crippen LogP contribution in [0.5, 0.6) is 0 Å². The zero-order valence-electron chi connectivity index (χ0n) is 12.0. The van der Waals surface area contributed by atoms with Gasteiger partial charge in [-0.15, -0.1) is 0 Å². The zero-order valence-corrected chi connectivity index (χ0v) is 12.0. The van der Waals surface area contributed by atoms with Crippen LogP contribution >= 0.6 is 0 Å². The highest BCUT2D eigenvalue weighted by molar-refractivity contribution is 5.92. The summed E-state index contributed by atoms with van der Waals surface area (Å²) in [5.41, 5.74) is 1.20. The third-order valence-electron chi connectivity index (χ3n) is 4.27. The van der Waals surface area contributed by atoms with Crippen LogP contribution in [0.1, 0.15) is 42.6 Å². The largest absolute Gasteiger partial charge is 0.393 e. The number of pyridine rings is 1. The van der Waals surface area contributed by atoms with Crippen molar-refractivity contribution >= 4 is 11.6 Å². The number of rotatable bonds is 4. The minimum Gasteiger partial charge on any atom is -0.393 e. The summed E-state index contributed by atoms with van der Waals surface area (Å²) in [6.07, 6.45) is 8.49. The van der Waals surface area contributed by atoms with Crippen LogP contribution in [0.4, 0.5) is 0 Å². The molecule has 0 bridgehead atoms. The van der Waals surface area contributed by atoms with Crippen LogP contribution in [-0.2, 0) is 0 Å². The molecular weight excluding hydrogens is 266 g/mol. The fourth-order valence-electron chi connectivity index (χ4n) is 3.03. The molecular formula is C16H21N3O2. The highest BCUT2D eigenvalue weighted by Crippen LogP contribution is 2.26. The van der Waals surface area contributed by atoms with Crippen LogP contribution in [0, 0.1) is 5.92 Å². The number of aromatic nitrogens is 2. The molecule has 1 saturated carbocycles. The third kappa shape index (κ3) is 3.24. The van der Waals surface area contributed by atoms with E-state index < -0.39 is 0 Å². The predicted octanol–water partition coefficient (Wildman–Crippen LogP) is 2.01. The molecule has 2 heterocycles. The van der Waals surface area contributed by atoms with Crippen LogP contribution in [0.15, 0.2) is 30.6 Å². The number of nitrogens with zero attached hydrogens (tertiary/aromatic N) is 2. The smallest absolute Gasteiger partial charge is 0.271 e. The lowest BCUT2D eigenvalue weighted by Crippen LogP contribution is -2.31. The van der Waals surface area contributed by atoms with Gasteiger partial charge in [-0.2, -0.15) is 0 Å². The Morgan fingerprint density at radius 2 is 2.24 bits per heavy atom. The Hall–Kier alpha value is -1.88. The highest BCUT2D eigenvalue weighted by atomic mass is 16.3. The molecule has 2 atom stereocenters. The van der Waals surface area contributed by atoms with Gasteiger partial charge in [-0.1, -0.05) is 18.9 Å². The molecule has 1 aliphatic carbocycles. The molecule has 0 aromatic carbocycles. The molecule has 5 heteroatoms. The molecule has 0 radical (unpaired) electrons. The van der Waals surface area contributed by atoms with Gasteiger partial charge in [-0.25, -0.2) is 4.98 Å². The van der Waals surface area contributed by atoms with Crippen LogP contribution in [0.25, 0.3) is 5.65 Å². The fraction of sp³-hybridized carbons (Fsp3) is 0.500. The van der Waals surface area contributed by atoms with Gasteiger partial charge >= 0.3 is 0 Å². The van der Waals surface area contributed by atoms with E-state index in [1.165, 1.54) is 6.42 Å². The second-order valence-corrected chi connectivity index (χ2v) is 5.75. The number of carbonyl (C=O) groups excluding carboxylic acids is 1. The summed E-state index contributed by atoms with van der Waals surface area (Å²) in [6.45, 7) is 0.592. The summed E-state index contributed by atoms with van der Waals surface area (Å²) in [4.78, 5) is 16.4. The van der Waals surface area contributed by atoms with Crippen molar-refractivity contribution in [3.05, 3.63) is 36.3 Å². The van der Waals surface area contributed by atoms with Crippen molar-refractivity contribution < 1.29 is 9.90 Å². The van der Waals surface area contributed by atoms with E-state index in [0.717, 1.165) is 31.3 Å². The van der Waals surface area contributed by atoms with Gasteiger partial charge in [0.25, 0.3) is 5.91 Å². The molecule has 3 rings (SSSR count). The maximum atomic E-state index is 12.1. The Morgan fingerprint density at radius 3 is 3.05 bits per heavy atom. The summed E-state index contributed by atoms with van der Waals surface area (Å²) in [6, 6.07) is 5.67. The Bertz CT molecular complexity index is 590. The Morgan fingerprint density at radius 1 is 1.38 bits per heavy atom. The minimum atomic E-state index is -0.203. The number of amides is 1. The second kappa shape index (κ2) is 6.26. The normalized spacial score (nSPS) is 22.3. The van der Waals surface area contributed by atoms with Crippen molar-refractivity contribution in [3.8, 4) is 0 Å². The lowest BCUT2D eigenvalue weighted by atomic mass is 9.84. The molecule has 5 nitrogen and oxygen atoms in total. The molecule has 21 heavy (non-hydrogen) atoms. The number of fused-ring (bicyclic) bond motifs is 1. The van der Waals surface area contributed by atoms with Gasteiger partial charge in [0.2, 0.25) is 0 Å². The molecule has 2 aromatic rings. The van der Waals surface area contributed by atoms with Crippen LogP contribution in [0.2, 0.25) is 0 Å². The molecule has 2 aromatic heterocycles. The average Bonchev–Trinajstić information content (AvgIpc) is 2.93. The molecule has 0 unspecified atom stereocenters. The first-order valence-corrected chi connectivity index (χ1v) is 7.64. The van der Waals surface area contributed by atoms with E-state index in [2.05, 4.69) is 10.3 Å². The number of carbonyl (C=O) groups is 1. The quantitative estimate of drug-likeness (QED) is 0.904. The lowest BCUT2D eigenvalue weighted by molar-refractivity contribution is 0.0643. The van der Waals surface area contributed by atoms with Gasteiger partial charge in [-0.3, -0.25) is 4.79 Å². The molecule has 1 amide bonds. The van der Waals surface area contributed by atoms with Gasteiger partial charge < -0.3 is 14.8 Å². The van der Waals surface area contributed by atoms with Crippen LogP contribution < -0.4 is 5.32 Å². The average molecular weight is 287 g/mol. The first-order valence-electron chi connectivity index (χ1n) is 7.64. The van der Waals surface area contributed by atoms with Gasteiger partial charge in [0.05, 0.1) is 6.10 Å². The van der Waals surface area contributed by atoms with E-state index >= 15 is 0 Å². The lowest BCUT2D eigenvalue weighted by Gasteiger charge is -2.27. The number of nitrogens with one attached hydrogen (secondary N) is 1. The van der Waals surface area contributed by atoms with Crippen molar-refractivity contribution in [3.63, 3.8) is 0 Å². The monoisotopic (exact) mass is 287 g/mol. The Kier molecular flexibility index (Phi) is 4.20. The van der Waals surface area contributed by atoms with E-state index in [9.17, 15) is 9.90 Å². The molecule has 2 N–H and O–H groups in total. The SMILES string of the molecule is O=C(NCC[C@H]1CCCC[C@H]1O)c1cn2ccccc2n1. The summed E-state index contributed by atoms with van der Waals surface area (Å²) in [5.74, 6) is 0.170. The Balaban J connectivity index is 1.54. The number of hydrogen-bond donors (Lipinski definition) is 2. The topological polar surface area (TPSA) is 66.6 Å². The maximum Gasteiger partial charge on any atom is 0.271 e. The summed E-state index contributed by atoms with van der Waals surface area (Å²) < 4.78 is 1.83. The second-order valence-electron chi connectivity index (χ2n) is 5.75.